The number of hydrogen-bond donors (Lipinski definition) is 2. The van der Waals surface area contributed by atoms with Gasteiger partial charge in [-0.1, -0.05) is 18.2 Å². The van der Waals surface area contributed by atoms with Gasteiger partial charge in [0.25, 0.3) is 17.4 Å². The fourth-order valence-corrected chi connectivity index (χ4v) is 5.81. The lowest BCUT2D eigenvalue weighted by molar-refractivity contribution is 0.0936. The van der Waals surface area contributed by atoms with Gasteiger partial charge in [-0.25, -0.2) is 0 Å². The minimum absolute atomic E-state index is 0.0471. The lowest BCUT2D eigenvalue weighted by Gasteiger charge is -2.44. The van der Waals surface area contributed by atoms with Gasteiger partial charge in [0, 0.05) is 61.0 Å². The number of halogens is 1. The number of benzene rings is 2. The first-order chi connectivity index (χ1) is 17.9. The number of nitrogens with zero attached hydrogens (tertiary/aromatic N) is 2. The molecule has 5 rings (SSSR count). The van der Waals surface area contributed by atoms with E-state index in [2.05, 4.69) is 31.5 Å². The summed E-state index contributed by atoms with van der Waals surface area (Å²) >= 11 is 3.46. The van der Waals surface area contributed by atoms with E-state index in [9.17, 15) is 14.4 Å². The molecule has 37 heavy (non-hydrogen) atoms. The van der Waals surface area contributed by atoms with Crippen LogP contribution in [0.4, 0.5) is 11.4 Å². The first-order valence-electron chi connectivity index (χ1n) is 12.4. The topological polar surface area (TPSA) is 92.7 Å². The lowest BCUT2D eigenvalue weighted by atomic mass is 9.83. The zero-order chi connectivity index (χ0) is 25.9. The van der Waals surface area contributed by atoms with Crippen molar-refractivity contribution in [3.63, 3.8) is 0 Å². The van der Waals surface area contributed by atoms with Gasteiger partial charge in [-0.2, -0.15) is 0 Å². The van der Waals surface area contributed by atoms with Crippen LogP contribution in [0.15, 0.2) is 69.9 Å². The molecule has 1 aromatic heterocycles. The number of hydrogen-bond acceptors (Lipinski definition) is 5. The Bertz CT molecular complexity index is 1390. The van der Waals surface area contributed by atoms with Crippen LogP contribution in [0.3, 0.4) is 0 Å². The standard InChI is InChI=1S/C28H29BrN4O4/c1-37-12-11-30-27(35)19-9-10-25(23(14-19)31-28(36)21-5-2-3-6-22(21)29)32-15-18-13-20(17-32)24-7-4-8-26(34)33(24)16-18/h2-10,14,18,20H,11-13,15-17H2,1H3,(H,30,35)(H,31,36)/t18-,20+/m1/s1. The normalized spacial score (nSPS) is 18.2. The summed E-state index contributed by atoms with van der Waals surface area (Å²) in [5.41, 5.74) is 3.50. The van der Waals surface area contributed by atoms with E-state index in [1.807, 2.05) is 41.0 Å². The summed E-state index contributed by atoms with van der Waals surface area (Å²) in [6.07, 6.45) is 1.03. The van der Waals surface area contributed by atoms with E-state index < -0.39 is 0 Å². The Morgan fingerprint density at radius 3 is 2.68 bits per heavy atom. The number of carbonyl (C=O) groups is 2. The SMILES string of the molecule is COCCNC(=O)c1ccc(N2C[C@H]3C[C@@H](C2)c2cccc(=O)n2C3)c(NC(=O)c2ccccc2Br)c1. The van der Waals surface area contributed by atoms with Crippen molar-refractivity contribution in [1.29, 1.82) is 0 Å². The third kappa shape index (κ3) is 5.33. The van der Waals surface area contributed by atoms with Crippen molar-refractivity contribution in [3.05, 3.63) is 92.3 Å². The van der Waals surface area contributed by atoms with Crippen LogP contribution in [-0.2, 0) is 11.3 Å². The van der Waals surface area contributed by atoms with Crippen molar-refractivity contribution in [3.8, 4) is 0 Å². The second-order valence-electron chi connectivity index (χ2n) is 9.52. The smallest absolute Gasteiger partial charge is 0.256 e. The Kier molecular flexibility index (Phi) is 7.43. The number of carbonyl (C=O) groups excluding carboxylic acids is 2. The van der Waals surface area contributed by atoms with Gasteiger partial charge < -0.3 is 24.8 Å². The maximum atomic E-state index is 13.2. The molecule has 2 atom stereocenters. The van der Waals surface area contributed by atoms with Gasteiger partial charge in [0.2, 0.25) is 0 Å². The number of rotatable bonds is 7. The summed E-state index contributed by atoms with van der Waals surface area (Å²) in [6, 6.07) is 18.1. The predicted molar refractivity (Wildman–Crippen MR) is 147 cm³/mol. The largest absolute Gasteiger partial charge is 0.383 e. The molecule has 0 unspecified atom stereocenters. The molecule has 1 fully saturated rings. The number of piperidine rings is 1. The van der Waals surface area contributed by atoms with Gasteiger partial charge in [-0.05, 0) is 64.7 Å². The van der Waals surface area contributed by atoms with Gasteiger partial charge in [-0.3, -0.25) is 14.4 Å². The van der Waals surface area contributed by atoms with Crippen molar-refractivity contribution < 1.29 is 14.3 Å². The van der Waals surface area contributed by atoms with Gasteiger partial charge in [0.05, 0.1) is 23.5 Å². The lowest BCUT2D eigenvalue weighted by Crippen LogP contribution is -2.47. The number of amides is 2. The molecule has 3 heterocycles. The third-order valence-electron chi connectivity index (χ3n) is 7.04. The minimum Gasteiger partial charge on any atom is -0.383 e. The molecule has 2 amide bonds. The highest BCUT2D eigenvalue weighted by Crippen LogP contribution is 2.39. The number of ether oxygens (including phenoxy) is 1. The molecule has 2 bridgehead atoms. The Morgan fingerprint density at radius 2 is 1.86 bits per heavy atom. The van der Waals surface area contributed by atoms with Crippen LogP contribution in [0.2, 0.25) is 0 Å². The highest BCUT2D eigenvalue weighted by Gasteiger charge is 2.35. The van der Waals surface area contributed by atoms with Gasteiger partial charge in [-0.15, -0.1) is 0 Å². The van der Waals surface area contributed by atoms with E-state index in [1.54, 1.807) is 31.4 Å². The van der Waals surface area contributed by atoms with Gasteiger partial charge in [0.15, 0.2) is 0 Å². The van der Waals surface area contributed by atoms with E-state index in [0.717, 1.165) is 30.9 Å². The maximum Gasteiger partial charge on any atom is 0.256 e. The summed E-state index contributed by atoms with van der Waals surface area (Å²) in [7, 11) is 1.58. The molecule has 0 spiro atoms. The molecule has 2 aliphatic heterocycles. The molecule has 3 aromatic rings. The first kappa shape index (κ1) is 25.2. The molecule has 0 radical (unpaired) electrons. The van der Waals surface area contributed by atoms with Crippen LogP contribution in [0.1, 0.15) is 38.7 Å². The molecule has 2 N–H and O–H groups in total. The number of aromatic nitrogens is 1. The molecular formula is C28H29BrN4O4. The molecular weight excluding hydrogens is 536 g/mol. The van der Waals surface area contributed by atoms with Crippen LogP contribution in [0.25, 0.3) is 0 Å². The van der Waals surface area contributed by atoms with Crippen LogP contribution >= 0.6 is 15.9 Å². The summed E-state index contributed by atoms with van der Waals surface area (Å²) in [6.45, 7) is 2.97. The maximum absolute atomic E-state index is 13.2. The Balaban J connectivity index is 1.47. The Morgan fingerprint density at radius 1 is 1.03 bits per heavy atom. The molecule has 8 nitrogen and oxygen atoms in total. The van der Waals surface area contributed by atoms with Crippen LogP contribution in [0, 0.1) is 5.92 Å². The van der Waals surface area contributed by atoms with Crippen molar-refractivity contribution >= 4 is 39.1 Å². The van der Waals surface area contributed by atoms with Crippen molar-refractivity contribution in [2.75, 3.05) is 43.6 Å². The number of fused-ring (bicyclic) bond motifs is 4. The minimum atomic E-state index is -0.264. The fourth-order valence-electron chi connectivity index (χ4n) is 5.35. The summed E-state index contributed by atoms with van der Waals surface area (Å²) in [4.78, 5) is 40.7. The van der Waals surface area contributed by atoms with E-state index >= 15 is 0 Å². The van der Waals surface area contributed by atoms with Crippen molar-refractivity contribution in [2.24, 2.45) is 5.92 Å². The molecule has 1 saturated heterocycles. The molecule has 192 valence electrons. The average molecular weight is 565 g/mol. The zero-order valence-electron chi connectivity index (χ0n) is 20.6. The Labute approximate surface area is 223 Å². The monoisotopic (exact) mass is 564 g/mol. The van der Waals surface area contributed by atoms with Crippen molar-refractivity contribution in [1.82, 2.24) is 9.88 Å². The third-order valence-corrected chi connectivity index (χ3v) is 7.73. The molecule has 0 saturated carbocycles. The van der Waals surface area contributed by atoms with Crippen molar-refractivity contribution in [2.45, 2.75) is 18.9 Å². The summed E-state index contributed by atoms with van der Waals surface area (Å²) < 4.78 is 7.62. The van der Waals surface area contributed by atoms with E-state index in [0.29, 0.717) is 46.9 Å². The first-order valence-corrected chi connectivity index (χ1v) is 13.2. The second kappa shape index (κ2) is 10.9. The number of anilines is 2. The van der Waals surface area contributed by atoms with E-state index in [-0.39, 0.29) is 23.3 Å². The number of methoxy groups -OCH3 is 1. The Hall–Kier alpha value is -3.43. The number of pyridine rings is 1. The van der Waals surface area contributed by atoms with Crippen LogP contribution in [0.5, 0.6) is 0 Å². The fraction of sp³-hybridized carbons (Fsp3) is 0.321. The number of nitrogens with one attached hydrogen (secondary N) is 2. The van der Waals surface area contributed by atoms with E-state index in [1.165, 1.54) is 0 Å². The van der Waals surface area contributed by atoms with Gasteiger partial charge >= 0.3 is 0 Å². The highest BCUT2D eigenvalue weighted by atomic mass is 79.9. The quantitative estimate of drug-likeness (QED) is 0.425. The van der Waals surface area contributed by atoms with Gasteiger partial charge in [0.1, 0.15) is 0 Å². The molecule has 2 aromatic carbocycles. The molecule has 2 aliphatic rings. The molecule has 9 heteroatoms. The zero-order valence-corrected chi connectivity index (χ0v) is 22.2. The highest BCUT2D eigenvalue weighted by molar-refractivity contribution is 9.10. The van der Waals surface area contributed by atoms with Crippen LogP contribution in [-0.4, -0.2) is 49.7 Å². The molecule has 0 aliphatic carbocycles. The summed E-state index contributed by atoms with van der Waals surface area (Å²) in [5.74, 6) is 0.0315. The van der Waals surface area contributed by atoms with Crippen LogP contribution < -0.4 is 21.1 Å². The van der Waals surface area contributed by atoms with E-state index in [4.69, 9.17) is 4.74 Å². The predicted octanol–water partition coefficient (Wildman–Crippen LogP) is 3.86. The average Bonchev–Trinajstić information content (AvgIpc) is 2.89. The second-order valence-corrected chi connectivity index (χ2v) is 10.4. The summed E-state index contributed by atoms with van der Waals surface area (Å²) in [5, 5.41) is 5.89.